The molecular formula is C19H17NO3. The van der Waals surface area contributed by atoms with Crippen molar-refractivity contribution >= 4 is 5.71 Å². The Hall–Kier alpha value is -2.49. The molecule has 2 aliphatic heterocycles. The summed E-state index contributed by atoms with van der Waals surface area (Å²) in [6.07, 6.45) is 0.923. The maximum absolute atomic E-state index is 9.99. The molecule has 0 aromatic heterocycles. The first-order valence-electron chi connectivity index (χ1n) is 7.92. The van der Waals surface area contributed by atoms with Crippen LogP contribution in [0, 0.1) is 0 Å². The van der Waals surface area contributed by atoms with E-state index >= 15 is 0 Å². The Bertz CT molecular complexity index is 896. The molecule has 0 unspecified atom stereocenters. The first-order chi connectivity index (χ1) is 11.1. The third-order valence-corrected chi connectivity index (χ3v) is 5.17. The standard InChI is InChI=1S/C19H17NO3/c1-19(2)13-8-11(21)3-4-12(13)16-15-10(5-6-20-18(15)19)7-14-17(16)23-9-22-14/h3-4,7-8,21H,5-6,9H2,1-2H3. The number of rotatable bonds is 0. The van der Waals surface area contributed by atoms with Crippen molar-refractivity contribution in [2.24, 2.45) is 4.99 Å². The summed E-state index contributed by atoms with van der Waals surface area (Å²) in [6.45, 7) is 5.40. The van der Waals surface area contributed by atoms with Crippen LogP contribution in [0.15, 0.2) is 29.3 Å². The highest BCUT2D eigenvalue weighted by atomic mass is 16.7. The largest absolute Gasteiger partial charge is 0.508 e. The number of nitrogens with zero attached hydrogens (tertiary/aromatic N) is 1. The van der Waals surface area contributed by atoms with Crippen LogP contribution in [0.5, 0.6) is 17.2 Å². The van der Waals surface area contributed by atoms with Gasteiger partial charge in [-0.1, -0.05) is 19.9 Å². The minimum atomic E-state index is -0.246. The molecule has 0 saturated heterocycles. The van der Waals surface area contributed by atoms with Crippen molar-refractivity contribution in [3.05, 3.63) is 41.0 Å². The van der Waals surface area contributed by atoms with Gasteiger partial charge in [0.05, 0.1) is 5.71 Å². The Morgan fingerprint density at radius 1 is 1.13 bits per heavy atom. The smallest absolute Gasteiger partial charge is 0.231 e. The second kappa shape index (κ2) is 4.07. The molecule has 0 bridgehead atoms. The predicted molar refractivity (Wildman–Crippen MR) is 87.8 cm³/mol. The van der Waals surface area contributed by atoms with Gasteiger partial charge in [-0.05, 0) is 41.3 Å². The fourth-order valence-corrected chi connectivity index (χ4v) is 4.09. The first kappa shape index (κ1) is 13.0. The SMILES string of the molecule is CC1(C)C2=NCCc3cc4c(c(c32)-c2ccc(O)cc21)OCO4. The maximum atomic E-state index is 9.99. The average molecular weight is 307 g/mol. The molecule has 1 aliphatic carbocycles. The third-order valence-electron chi connectivity index (χ3n) is 5.17. The number of fused-ring (bicyclic) bond motifs is 4. The molecule has 2 aromatic carbocycles. The molecule has 0 saturated carbocycles. The lowest BCUT2D eigenvalue weighted by molar-refractivity contribution is 0.174. The zero-order valence-corrected chi connectivity index (χ0v) is 13.1. The highest BCUT2D eigenvalue weighted by molar-refractivity contribution is 6.18. The summed E-state index contributed by atoms with van der Waals surface area (Å²) in [4.78, 5) is 4.85. The topological polar surface area (TPSA) is 51.1 Å². The van der Waals surface area contributed by atoms with Gasteiger partial charge in [0.25, 0.3) is 0 Å². The van der Waals surface area contributed by atoms with Crippen molar-refractivity contribution in [2.45, 2.75) is 25.7 Å². The maximum Gasteiger partial charge on any atom is 0.231 e. The molecule has 4 nitrogen and oxygen atoms in total. The van der Waals surface area contributed by atoms with Gasteiger partial charge < -0.3 is 14.6 Å². The van der Waals surface area contributed by atoms with E-state index in [0.717, 1.165) is 46.9 Å². The minimum Gasteiger partial charge on any atom is -0.508 e. The van der Waals surface area contributed by atoms with Gasteiger partial charge in [-0.25, -0.2) is 0 Å². The summed E-state index contributed by atoms with van der Waals surface area (Å²) < 4.78 is 11.4. The highest BCUT2D eigenvalue weighted by Crippen LogP contribution is 2.54. The van der Waals surface area contributed by atoms with E-state index in [1.165, 1.54) is 11.1 Å². The number of benzene rings is 2. The molecule has 116 valence electrons. The summed E-state index contributed by atoms with van der Waals surface area (Å²) in [6, 6.07) is 7.68. The van der Waals surface area contributed by atoms with Gasteiger partial charge in [-0.3, -0.25) is 4.99 Å². The number of aromatic hydroxyl groups is 1. The Kier molecular flexibility index (Phi) is 2.30. The molecule has 2 aromatic rings. The van der Waals surface area contributed by atoms with Crippen LogP contribution in [0.2, 0.25) is 0 Å². The van der Waals surface area contributed by atoms with E-state index in [9.17, 15) is 5.11 Å². The van der Waals surface area contributed by atoms with Crippen LogP contribution in [0.3, 0.4) is 0 Å². The van der Waals surface area contributed by atoms with Crippen LogP contribution in [0.25, 0.3) is 11.1 Å². The van der Waals surface area contributed by atoms with Crippen molar-refractivity contribution in [3.8, 4) is 28.4 Å². The Morgan fingerprint density at radius 3 is 2.87 bits per heavy atom. The van der Waals surface area contributed by atoms with Crippen LogP contribution < -0.4 is 9.47 Å². The van der Waals surface area contributed by atoms with E-state index in [4.69, 9.17) is 14.5 Å². The fraction of sp³-hybridized carbons (Fsp3) is 0.316. The van der Waals surface area contributed by atoms with Crippen LogP contribution >= 0.6 is 0 Å². The Labute approximate surface area is 134 Å². The van der Waals surface area contributed by atoms with Crippen molar-refractivity contribution in [2.75, 3.05) is 13.3 Å². The molecule has 4 heteroatoms. The number of aliphatic imine (C=N–C) groups is 1. The molecule has 0 fully saturated rings. The summed E-state index contributed by atoms with van der Waals surface area (Å²) in [7, 11) is 0. The van der Waals surface area contributed by atoms with Gasteiger partial charge in [0.15, 0.2) is 11.5 Å². The molecular weight excluding hydrogens is 290 g/mol. The van der Waals surface area contributed by atoms with Crippen LogP contribution in [0.1, 0.15) is 30.5 Å². The van der Waals surface area contributed by atoms with Gasteiger partial charge in [0.1, 0.15) is 5.75 Å². The summed E-state index contributed by atoms with van der Waals surface area (Å²) in [5, 5.41) is 9.99. The zero-order chi connectivity index (χ0) is 15.8. The van der Waals surface area contributed by atoms with Gasteiger partial charge >= 0.3 is 0 Å². The van der Waals surface area contributed by atoms with Crippen molar-refractivity contribution in [3.63, 3.8) is 0 Å². The van der Waals surface area contributed by atoms with E-state index in [0.29, 0.717) is 0 Å². The van der Waals surface area contributed by atoms with E-state index in [1.54, 1.807) is 6.07 Å². The van der Waals surface area contributed by atoms with E-state index in [1.807, 2.05) is 12.1 Å². The second-order valence-corrected chi connectivity index (χ2v) is 6.85. The molecule has 23 heavy (non-hydrogen) atoms. The van der Waals surface area contributed by atoms with Gasteiger partial charge in [-0.2, -0.15) is 0 Å². The average Bonchev–Trinajstić information content (AvgIpc) is 2.99. The molecule has 0 spiro atoms. The minimum absolute atomic E-state index is 0.246. The van der Waals surface area contributed by atoms with Gasteiger partial charge in [-0.15, -0.1) is 0 Å². The number of phenolic OH excluding ortho intramolecular Hbond substituents is 1. The second-order valence-electron chi connectivity index (χ2n) is 6.85. The quantitative estimate of drug-likeness (QED) is 0.811. The monoisotopic (exact) mass is 307 g/mol. The van der Waals surface area contributed by atoms with Gasteiger partial charge in [0, 0.05) is 23.1 Å². The Balaban J connectivity index is 1.96. The van der Waals surface area contributed by atoms with Crippen LogP contribution in [-0.2, 0) is 11.8 Å². The van der Waals surface area contributed by atoms with E-state index in [-0.39, 0.29) is 18.0 Å². The number of phenols is 1. The van der Waals surface area contributed by atoms with Crippen molar-refractivity contribution < 1.29 is 14.6 Å². The zero-order valence-electron chi connectivity index (χ0n) is 13.1. The highest BCUT2D eigenvalue weighted by Gasteiger charge is 2.42. The molecule has 0 radical (unpaired) electrons. The molecule has 2 heterocycles. The normalized spacial score (nSPS) is 19.0. The van der Waals surface area contributed by atoms with Crippen molar-refractivity contribution in [1.82, 2.24) is 0 Å². The summed E-state index contributed by atoms with van der Waals surface area (Å²) >= 11 is 0. The van der Waals surface area contributed by atoms with Crippen LogP contribution in [-0.4, -0.2) is 24.2 Å². The number of ether oxygens (including phenoxy) is 2. The molecule has 0 atom stereocenters. The lowest BCUT2D eigenvalue weighted by Gasteiger charge is -2.38. The Morgan fingerprint density at radius 2 is 2.00 bits per heavy atom. The lowest BCUT2D eigenvalue weighted by Crippen LogP contribution is -2.37. The summed E-state index contributed by atoms with van der Waals surface area (Å²) in [5.74, 6) is 1.90. The summed E-state index contributed by atoms with van der Waals surface area (Å²) in [5.41, 5.74) is 6.58. The molecule has 1 N–H and O–H groups in total. The number of hydrogen-bond donors (Lipinski definition) is 1. The lowest BCUT2D eigenvalue weighted by atomic mass is 9.66. The predicted octanol–water partition coefficient (Wildman–Crippen LogP) is 3.42. The first-order valence-corrected chi connectivity index (χ1v) is 7.92. The molecule has 3 aliphatic rings. The van der Waals surface area contributed by atoms with Crippen LogP contribution in [0.4, 0.5) is 0 Å². The van der Waals surface area contributed by atoms with Crippen molar-refractivity contribution in [1.29, 1.82) is 0 Å². The third kappa shape index (κ3) is 1.53. The number of hydrogen-bond acceptors (Lipinski definition) is 4. The molecule has 5 rings (SSSR count). The van der Waals surface area contributed by atoms with Gasteiger partial charge in [0.2, 0.25) is 6.79 Å². The molecule has 0 amide bonds. The van der Waals surface area contributed by atoms with E-state index < -0.39 is 0 Å². The van der Waals surface area contributed by atoms with E-state index in [2.05, 4.69) is 19.9 Å². The fourth-order valence-electron chi connectivity index (χ4n) is 4.09.